The summed E-state index contributed by atoms with van der Waals surface area (Å²) in [5.41, 5.74) is 1.57. The first kappa shape index (κ1) is 24.8. The summed E-state index contributed by atoms with van der Waals surface area (Å²) in [4.78, 5) is 34.2. The van der Waals surface area contributed by atoms with Crippen molar-refractivity contribution in [3.63, 3.8) is 0 Å². The quantitative estimate of drug-likeness (QED) is 0.326. The Morgan fingerprint density at radius 1 is 1.03 bits per heavy atom. The van der Waals surface area contributed by atoms with Crippen molar-refractivity contribution in [3.8, 4) is 5.75 Å². The SMILES string of the molecule is CCN(CC)C(=O)CC(=O)Nc1ccc(Nc2ncnc3cc(OCCOC)cc(F)c23)cc1. The zero-order valence-electron chi connectivity index (χ0n) is 19.4. The number of carbonyl (C=O) groups is 2. The molecular formula is C24H28FN5O4. The van der Waals surface area contributed by atoms with Gasteiger partial charge in [-0.2, -0.15) is 0 Å². The molecule has 1 aromatic heterocycles. The van der Waals surface area contributed by atoms with Gasteiger partial charge in [0.1, 0.15) is 36.7 Å². The van der Waals surface area contributed by atoms with Crippen molar-refractivity contribution in [2.45, 2.75) is 20.3 Å². The summed E-state index contributed by atoms with van der Waals surface area (Å²) >= 11 is 0. The van der Waals surface area contributed by atoms with Crippen molar-refractivity contribution in [2.75, 3.05) is 44.0 Å². The van der Waals surface area contributed by atoms with Gasteiger partial charge in [-0.05, 0) is 38.1 Å². The van der Waals surface area contributed by atoms with Crippen LogP contribution in [-0.4, -0.2) is 60.1 Å². The largest absolute Gasteiger partial charge is 0.491 e. The van der Waals surface area contributed by atoms with Gasteiger partial charge < -0.3 is 25.0 Å². The normalized spacial score (nSPS) is 10.7. The molecular weight excluding hydrogens is 441 g/mol. The maximum absolute atomic E-state index is 14.8. The minimum Gasteiger partial charge on any atom is -0.491 e. The standard InChI is InChI=1S/C24H28FN5O4/c1-4-30(5-2)22(32)14-21(31)28-16-6-8-17(9-7-16)29-24-23-19(25)12-18(34-11-10-33-3)13-20(23)26-15-27-24/h6-9,12-13,15H,4-5,10-11,14H2,1-3H3,(H,28,31)(H,26,27,29). The highest BCUT2D eigenvalue weighted by atomic mass is 19.1. The van der Waals surface area contributed by atoms with Crippen LogP contribution in [0, 0.1) is 5.82 Å². The van der Waals surface area contributed by atoms with E-state index in [-0.39, 0.29) is 23.6 Å². The molecule has 0 fully saturated rings. The molecule has 3 rings (SSSR count). The summed E-state index contributed by atoms with van der Waals surface area (Å²) in [6, 6.07) is 9.72. The van der Waals surface area contributed by atoms with Crippen LogP contribution in [0.2, 0.25) is 0 Å². The number of ether oxygens (including phenoxy) is 2. The highest BCUT2D eigenvalue weighted by Gasteiger charge is 2.15. The van der Waals surface area contributed by atoms with E-state index in [0.717, 1.165) is 0 Å². The van der Waals surface area contributed by atoms with E-state index in [9.17, 15) is 14.0 Å². The molecule has 180 valence electrons. The van der Waals surface area contributed by atoms with E-state index in [1.807, 2.05) is 13.8 Å². The third-order valence-electron chi connectivity index (χ3n) is 5.08. The van der Waals surface area contributed by atoms with Crippen LogP contribution in [0.3, 0.4) is 0 Å². The van der Waals surface area contributed by atoms with Crippen molar-refractivity contribution in [1.82, 2.24) is 14.9 Å². The van der Waals surface area contributed by atoms with Crippen LogP contribution in [-0.2, 0) is 14.3 Å². The lowest BCUT2D eigenvalue weighted by Gasteiger charge is -2.18. The summed E-state index contributed by atoms with van der Waals surface area (Å²) in [5.74, 6) is -0.468. The second-order valence-electron chi connectivity index (χ2n) is 7.36. The maximum Gasteiger partial charge on any atom is 0.233 e. The van der Waals surface area contributed by atoms with Gasteiger partial charge in [-0.25, -0.2) is 14.4 Å². The number of hydrogen-bond donors (Lipinski definition) is 2. The number of hydrogen-bond acceptors (Lipinski definition) is 7. The van der Waals surface area contributed by atoms with Gasteiger partial charge in [0.2, 0.25) is 11.8 Å². The average molecular weight is 470 g/mol. The lowest BCUT2D eigenvalue weighted by molar-refractivity contribution is -0.134. The Kier molecular flexibility index (Phi) is 8.69. The number of carbonyl (C=O) groups excluding carboxylic acids is 2. The van der Waals surface area contributed by atoms with Gasteiger partial charge in [0.15, 0.2) is 0 Å². The Morgan fingerprint density at radius 2 is 1.74 bits per heavy atom. The predicted molar refractivity (Wildman–Crippen MR) is 128 cm³/mol. The number of aromatic nitrogens is 2. The fraction of sp³-hybridized carbons (Fsp3) is 0.333. The van der Waals surface area contributed by atoms with Crippen LogP contribution < -0.4 is 15.4 Å². The molecule has 3 aromatic rings. The maximum atomic E-state index is 14.8. The molecule has 10 heteroatoms. The highest BCUT2D eigenvalue weighted by molar-refractivity contribution is 6.03. The molecule has 0 aliphatic heterocycles. The Labute approximate surface area is 197 Å². The van der Waals surface area contributed by atoms with Gasteiger partial charge in [0.05, 0.1) is 17.5 Å². The summed E-state index contributed by atoms with van der Waals surface area (Å²) < 4.78 is 25.3. The molecule has 1 heterocycles. The molecule has 9 nitrogen and oxygen atoms in total. The third kappa shape index (κ3) is 6.38. The molecule has 0 atom stereocenters. The third-order valence-corrected chi connectivity index (χ3v) is 5.08. The molecule has 2 aromatic carbocycles. The number of fused-ring (bicyclic) bond motifs is 1. The number of anilines is 3. The van der Waals surface area contributed by atoms with Crippen LogP contribution in [0.5, 0.6) is 5.75 Å². The van der Waals surface area contributed by atoms with Gasteiger partial charge in [-0.15, -0.1) is 0 Å². The summed E-state index contributed by atoms with van der Waals surface area (Å²) in [7, 11) is 1.56. The van der Waals surface area contributed by atoms with Gasteiger partial charge in [-0.3, -0.25) is 9.59 Å². The van der Waals surface area contributed by atoms with E-state index >= 15 is 0 Å². The van der Waals surface area contributed by atoms with Crippen molar-refractivity contribution >= 4 is 39.9 Å². The molecule has 0 spiro atoms. The Hall–Kier alpha value is -3.79. The van der Waals surface area contributed by atoms with Crippen LogP contribution in [0.15, 0.2) is 42.7 Å². The molecule has 0 bridgehead atoms. The summed E-state index contributed by atoms with van der Waals surface area (Å²) in [6.45, 7) is 5.54. The van der Waals surface area contributed by atoms with Crippen molar-refractivity contribution in [3.05, 3.63) is 48.5 Å². The van der Waals surface area contributed by atoms with E-state index in [1.165, 1.54) is 12.4 Å². The van der Waals surface area contributed by atoms with Crippen molar-refractivity contribution in [1.29, 1.82) is 0 Å². The zero-order chi connectivity index (χ0) is 24.5. The van der Waals surface area contributed by atoms with Crippen molar-refractivity contribution < 1.29 is 23.5 Å². The minimum atomic E-state index is -0.519. The summed E-state index contributed by atoms with van der Waals surface area (Å²) in [5, 5.41) is 6.02. The Morgan fingerprint density at radius 3 is 2.41 bits per heavy atom. The molecule has 2 N–H and O–H groups in total. The topological polar surface area (TPSA) is 106 Å². The average Bonchev–Trinajstić information content (AvgIpc) is 2.81. The smallest absolute Gasteiger partial charge is 0.233 e. The first-order chi connectivity index (χ1) is 16.4. The lowest BCUT2D eigenvalue weighted by Crippen LogP contribution is -2.33. The molecule has 0 aliphatic carbocycles. The van der Waals surface area contributed by atoms with Crippen molar-refractivity contribution in [2.24, 2.45) is 0 Å². The Balaban J connectivity index is 1.68. The van der Waals surface area contributed by atoms with Crippen LogP contribution in [0.4, 0.5) is 21.6 Å². The fourth-order valence-electron chi connectivity index (χ4n) is 3.34. The predicted octanol–water partition coefficient (Wildman–Crippen LogP) is 3.73. The molecule has 0 radical (unpaired) electrons. The minimum absolute atomic E-state index is 0.217. The van der Waals surface area contributed by atoms with Gasteiger partial charge in [0.25, 0.3) is 0 Å². The number of nitrogens with one attached hydrogen (secondary N) is 2. The van der Waals surface area contributed by atoms with E-state index in [4.69, 9.17) is 9.47 Å². The van der Waals surface area contributed by atoms with Gasteiger partial charge in [0, 0.05) is 43.7 Å². The second-order valence-corrected chi connectivity index (χ2v) is 7.36. The second kappa shape index (κ2) is 11.9. The van der Waals surface area contributed by atoms with Gasteiger partial charge in [-0.1, -0.05) is 0 Å². The van der Waals surface area contributed by atoms with E-state index in [1.54, 1.807) is 42.3 Å². The molecule has 0 saturated heterocycles. The fourth-order valence-corrected chi connectivity index (χ4v) is 3.34. The molecule has 0 aliphatic rings. The lowest BCUT2D eigenvalue weighted by atomic mass is 10.2. The molecule has 34 heavy (non-hydrogen) atoms. The van der Waals surface area contributed by atoms with E-state index in [2.05, 4.69) is 20.6 Å². The number of methoxy groups -OCH3 is 1. The van der Waals surface area contributed by atoms with Gasteiger partial charge >= 0.3 is 0 Å². The van der Waals surface area contributed by atoms with Crippen LogP contribution in [0.1, 0.15) is 20.3 Å². The van der Waals surface area contributed by atoms with E-state index in [0.29, 0.717) is 54.8 Å². The summed E-state index contributed by atoms with van der Waals surface area (Å²) in [6.07, 6.45) is 1.12. The van der Waals surface area contributed by atoms with Crippen LogP contribution >= 0.6 is 0 Å². The number of amides is 2. The number of rotatable bonds is 11. The zero-order valence-corrected chi connectivity index (χ0v) is 19.4. The van der Waals surface area contributed by atoms with Crippen LogP contribution in [0.25, 0.3) is 10.9 Å². The molecule has 2 amide bonds. The van der Waals surface area contributed by atoms with E-state index < -0.39 is 5.82 Å². The first-order valence-corrected chi connectivity index (χ1v) is 11.0. The first-order valence-electron chi connectivity index (χ1n) is 11.0. The molecule has 0 unspecified atom stereocenters. The number of nitrogens with zero attached hydrogens (tertiary/aromatic N) is 3. The number of halogens is 1. The number of benzene rings is 2. The monoisotopic (exact) mass is 469 g/mol. The molecule has 0 saturated carbocycles. The highest BCUT2D eigenvalue weighted by Crippen LogP contribution is 2.29. The Bertz CT molecular complexity index is 1140.